The minimum absolute atomic E-state index is 0.148. The van der Waals surface area contributed by atoms with Crippen molar-refractivity contribution in [2.45, 2.75) is 38.2 Å². The second-order valence-electron chi connectivity index (χ2n) is 3.53. The van der Waals surface area contributed by atoms with E-state index in [0.717, 1.165) is 12.8 Å². The molecule has 1 aliphatic rings. The maximum atomic E-state index is 5.60. The van der Waals surface area contributed by atoms with Gasteiger partial charge in [-0.3, -0.25) is 0 Å². The highest BCUT2D eigenvalue weighted by atomic mass is 16.5. The van der Waals surface area contributed by atoms with Crippen molar-refractivity contribution in [1.29, 1.82) is 0 Å². The summed E-state index contributed by atoms with van der Waals surface area (Å²) < 4.78 is 5.60. The first kappa shape index (κ1) is 9.35. The van der Waals surface area contributed by atoms with Crippen LogP contribution in [0, 0.1) is 12.3 Å². The van der Waals surface area contributed by atoms with Crippen LogP contribution in [-0.2, 0) is 4.74 Å². The molecule has 1 aliphatic carbocycles. The number of hydrogen-bond acceptors (Lipinski definition) is 1. The van der Waals surface area contributed by atoms with Gasteiger partial charge in [-0.25, -0.2) is 0 Å². The Hall–Kier alpha value is -0.740. The van der Waals surface area contributed by atoms with Crippen LogP contribution in [0.2, 0.25) is 0 Å². The lowest BCUT2D eigenvalue weighted by molar-refractivity contribution is -0.00140. The van der Waals surface area contributed by atoms with Crippen LogP contribution in [0.25, 0.3) is 0 Å². The molecule has 0 amide bonds. The van der Waals surface area contributed by atoms with Gasteiger partial charge in [0.15, 0.2) is 0 Å². The molecule has 1 saturated carbocycles. The first-order valence-electron chi connectivity index (χ1n) is 4.45. The van der Waals surface area contributed by atoms with Crippen LogP contribution in [0.3, 0.4) is 0 Å². The zero-order valence-electron chi connectivity index (χ0n) is 7.73. The van der Waals surface area contributed by atoms with Gasteiger partial charge in [0.05, 0.1) is 5.60 Å². The minimum atomic E-state index is -0.148. The number of hydrogen-bond donors (Lipinski definition) is 0. The lowest BCUT2D eigenvalue weighted by Crippen LogP contribution is -2.33. The third kappa shape index (κ3) is 1.89. The zero-order chi connectivity index (χ0) is 9.03. The topological polar surface area (TPSA) is 9.23 Å². The Morgan fingerprint density at radius 1 is 1.67 bits per heavy atom. The fourth-order valence-corrected chi connectivity index (χ4v) is 1.62. The van der Waals surface area contributed by atoms with Crippen molar-refractivity contribution in [3.63, 3.8) is 0 Å². The molecule has 0 bridgehead atoms. The third-order valence-corrected chi connectivity index (χ3v) is 2.60. The summed E-state index contributed by atoms with van der Waals surface area (Å²) in [7, 11) is 0. The molecule has 0 N–H and O–H groups in total. The van der Waals surface area contributed by atoms with Crippen molar-refractivity contribution in [3.8, 4) is 12.3 Å². The highest BCUT2D eigenvalue weighted by Crippen LogP contribution is 2.34. The van der Waals surface area contributed by atoms with Gasteiger partial charge in [-0.15, -0.1) is 6.42 Å². The van der Waals surface area contributed by atoms with Crippen LogP contribution >= 0.6 is 0 Å². The molecule has 0 unspecified atom stereocenters. The number of ether oxygens (including phenoxy) is 1. The van der Waals surface area contributed by atoms with E-state index in [4.69, 9.17) is 11.2 Å². The lowest BCUT2D eigenvalue weighted by atomic mass is 9.82. The number of rotatable bonds is 2. The molecule has 0 aromatic rings. The Kier molecular flexibility index (Phi) is 2.94. The van der Waals surface area contributed by atoms with Crippen molar-refractivity contribution >= 4 is 0 Å². The highest BCUT2D eigenvalue weighted by Gasteiger charge is 2.30. The van der Waals surface area contributed by atoms with Gasteiger partial charge in [0.25, 0.3) is 0 Å². The summed E-state index contributed by atoms with van der Waals surface area (Å²) in [5.74, 6) is 2.50. The van der Waals surface area contributed by atoms with Crippen molar-refractivity contribution in [1.82, 2.24) is 0 Å². The molecule has 1 atom stereocenters. The minimum Gasteiger partial charge on any atom is -0.358 e. The van der Waals surface area contributed by atoms with Crippen molar-refractivity contribution < 1.29 is 4.74 Å². The predicted octanol–water partition coefficient (Wildman–Crippen LogP) is 2.53. The Morgan fingerprint density at radius 2 is 2.42 bits per heavy atom. The monoisotopic (exact) mass is 164 g/mol. The molecule has 0 spiro atoms. The Labute approximate surface area is 74.8 Å². The highest BCUT2D eigenvalue weighted by molar-refractivity contribution is 5.14. The molecule has 0 aromatic heterocycles. The molecule has 1 nitrogen and oxygen atoms in total. The van der Waals surface area contributed by atoms with Crippen LogP contribution in [0.15, 0.2) is 12.2 Å². The molecule has 1 heteroatoms. The summed E-state index contributed by atoms with van der Waals surface area (Å²) in [4.78, 5) is 0. The Bertz CT molecular complexity index is 212. The van der Waals surface area contributed by atoms with E-state index < -0.39 is 0 Å². The van der Waals surface area contributed by atoms with Crippen molar-refractivity contribution in [2.75, 3.05) is 6.61 Å². The standard InChI is InChI=1S/C11H16O/c1-4-9-12-11(3)8-6-5-7-10(11)2/h1H,2,5-9H2,3H3/t11-/m1/s1. The van der Waals surface area contributed by atoms with Gasteiger partial charge >= 0.3 is 0 Å². The summed E-state index contributed by atoms with van der Waals surface area (Å²) >= 11 is 0. The van der Waals surface area contributed by atoms with Crippen LogP contribution in [0.1, 0.15) is 32.6 Å². The van der Waals surface area contributed by atoms with Gasteiger partial charge < -0.3 is 4.74 Å². The molecule has 12 heavy (non-hydrogen) atoms. The second-order valence-corrected chi connectivity index (χ2v) is 3.53. The van der Waals surface area contributed by atoms with Gasteiger partial charge in [-0.05, 0) is 38.2 Å². The molecule has 0 aromatic carbocycles. The van der Waals surface area contributed by atoms with E-state index >= 15 is 0 Å². The van der Waals surface area contributed by atoms with E-state index in [9.17, 15) is 0 Å². The zero-order valence-corrected chi connectivity index (χ0v) is 7.73. The normalized spacial score (nSPS) is 29.8. The molecule has 0 heterocycles. The fourth-order valence-electron chi connectivity index (χ4n) is 1.62. The molecular weight excluding hydrogens is 148 g/mol. The van der Waals surface area contributed by atoms with Gasteiger partial charge in [0.2, 0.25) is 0 Å². The average Bonchev–Trinajstić information content (AvgIpc) is 2.07. The van der Waals surface area contributed by atoms with Crippen molar-refractivity contribution in [2.24, 2.45) is 0 Å². The van der Waals surface area contributed by atoms with Crippen LogP contribution < -0.4 is 0 Å². The van der Waals surface area contributed by atoms with Crippen LogP contribution in [0.4, 0.5) is 0 Å². The van der Waals surface area contributed by atoms with Crippen LogP contribution in [-0.4, -0.2) is 12.2 Å². The van der Waals surface area contributed by atoms with Gasteiger partial charge in [-0.2, -0.15) is 0 Å². The molecule has 0 radical (unpaired) electrons. The second kappa shape index (κ2) is 3.78. The van der Waals surface area contributed by atoms with E-state index in [-0.39, 0.29) is 5.60 Å². The molecule has 1 rings (SSSR count). The molecule has 0 saturated heterocycles. The van der Waals surface area contributed by atoms with Gasteiger partial charge in [-0.1, -0.05) is 12.5 Å². The smallest absolute Gasteiger partial charge is 0.108 e. The molecular formula is C11H16O. The van der Waals surface area contributed by atoms with E-state index in [1.54, 1.807) is 0 Å². The lowest BCUT2D eigenvalue weighted by Gasteiger charge is -2.35. The van der Waals surface area contributed by atoms with E-state index in [1.165, 1.54) is 18.4 Å². The quantitative estimate of drug-likeness (QED) is 0.450. The van der Waals surface area contributed by atoms with E-state index in [1.807, 2.05) is 0 Å². The summed E-state index contributed by atoms with van der Waals surface area (Å²) in [5, 5.41) is 0. The van der Waals surface area contributed by atoms with Gasteiger partial charge in [0.1, 0.15) is 6.61 Å². The fraction of sp³-hybridized carbons (Fsp3) is 0.636. The van der Waals surface area contributed by atoms with E-state index in [2.05, 4.69) is 19.4 Å². The van der Waals surface area contributed by atoms with E-state index in [0.29, 0.717) is 6.61 Å². The maximum absolute atomic E-state index is 5.60. The molecule has 66 valence electrons. The summed E-state index contributed by atoms with van der Waals surface area (Å²) in [5.41, 5.74) is 1.05. The first-order chi connectivity index (χ1) is 5.69. The largest absolute Gasteiger partial charge is 0.358 e. The molecule has 0 aliphatic heterocycles. The number of terminal acetylenes is 1. The predicted molar refractivity (Wildman–Crippen MR) is 50.8 cm³/mol. The average molecular weight is 164 g/mol. The van der Waals surface area contributed by atoms with Gasteiger partial charge in [0, 0.05) is 0 Å². The summed E-state index contributed by atoms with van der Waals surface area (Å²) in [6.07, 6.45) is 9.76. The molecule has 1 fully saturated rings. The van der Waals surface area contributed by atoms with Crippen molar-refractivity contribution in [3.05, 3.63) is 12.2 Å². The first-order valence-corrected chi connectivity index (χ1v) is 4.45. The SMILES string of the molecule is C#CCO[C@]1(C)CCCCC1=C. The third-order valence-electron chi connectivity index (χ3n) is 2.60. The maximum Gasteiger partial charge on any atom is 0.108 e. The Morgan fingerprint density at radius 3 is 3.00 bits per heavy atom. The Balaban J connectivity index is 2.55. The summed E-state index contributed by atoms with van der Waals surface area (Å²) in [6, 6.07) is 0. The van der Waals surface area contributed by atoms with Crippen LogP contribution in [0.5, 0.6) is 0 Å². The summed E-state index contributed by atoms with van der Waals surface area (Å²) in [6.45, 7) is 6.51.